The molecular weight excluding hydrogens is 371 g/mol. The van der Waals surface area contributed by atoms with Crippen LogP contribution in [0.5, 0.6) is 0 Å². The highest BCUT2D eigenvalue weighted by Gasteiger charge is 2.12. The van der Waals surface area contributed by atoms with E-state index in [1.165, 1.54) is 18.5 Å². The Morgan fingerprint density at radius 1 is 1.00 bits per heavy atom. The van der Waals surface area contributed by atoms with Gasteiger partial charge >= 0.3 is 0 Å². The monoisotopic (exact) mass is 388 g/mol. The molecule has 0 saturated heterocycles. The molecule has 7 nitrogen and oxygen atoms in total. The summed E-state index contributed by atoms with van der Waals surface area (Å²) in [6.07, 6.45) is 9.49. The SMILES string of the molecule is C=C[C@H](Nc1cc(-c2cnco2)cc(Nc2cnccn2)n1)c1ccc(F)cc1. The van der Waals surface area contributed by atoms with Crippen LogP contribution in [0.3, 0.4) is 0 Å². The van der Waals surface area contributed by atoms with E-state index in [1.807, 2.05) is 12.1 Å². The normalized spacial score (nSPS) is 11.6. The van der Waals surface area contributed by atoms with Crippen LogP contribution in [0.4, 0.5) is 21.8 Å². The fraction of sp³-hybridized carbons (Fsp3) is 0.0476. The third-order valence-corrected chi connectivity index (χ3v) is 4.13. The Bertz CT molecular complexity index is 1080. The minimum Gasteiger partial charge on any atom is -0.444 e. The van der Waals surface area contributed by atoms with Crippen LogP contribution >= 0.6 is 0 Å². The van der Waals surface area contributed by atoms with E-state index in [-0.39, 0.29) is 11.9 Å². The van der Waals surface area contributed by atoms with Gasteiger partial charge in [-0.1, -0.05) is 18.2 Å². The van der Waals surface area contributed by atoms with Gasteiger partial charge in [0, 0.05) is 18.0 Å². The summed E-state index contributed by atoms with van der Waals surface area (Å²) in [7, 11) is 0. The van der Waals surface area contributed by atoms with Crippen molar-refractivity contribution >= 4 is 17.5 Å². The van der Waals surface area contributed by atoms with Crippen molar-refractivity contribution in [1.82, 2.24) is 19.9 Å². The summed E-state index contributed by atoms with van der Waals surface area (Å²) in [5.41, 5.74) is 1.63. The number of hydrogen-bond acceptors (Lipinski definition) is 7. The van der Waals surface area contributed by atoms with E-state index in [1.54, 1.807) is 43.0 Å². The van der Waals surface area contributed by atoms with Gasteiger partial charge in [0.15, 0.2) is 12.2 Å². The second kappa shape index (κ2) is 8.30. The molecule has 0 aliphatic heterocycles. The molecule has 1 aromatic carbocycles. The van der Waals surface area contributed by atoms with Crippen LogP contribution in [0.15, 0.2) is 84.7 Å². The van der Waals surface area contributed by atoms with Crippen LogP contribution in [-0.4, -0.2) is 19.9 Å². The number of nitrogens with zero attached hydrogens (tertiary/aromatic N) is 4. The van der Waals surface area contributed by atoms with Gasteiger partial charge in [0.25, 0.3) is 0 Å². The number of aromatic nitrogens is 4. The van der Waals surface area contributed by atoms with E-state index >= 15 is 0 Å². The van der Waals surface area contributed by atoms with Gasteiger partial charge in [0.2, 0.25) is 0 Å². The largest absolute Gasteiger partial charge is 0.444 e. The molecule has 8 heteroatoms. The van der Waals surface area contributed by atoms with Crippen molar-refractivity contribution in [2.45, 2.75) is 6.04 Å². The first kappa shape index (κ1) is 18.3. The number of rotatable bonds is 7. The van der Waals surface area contributed by atoms with Gasteiger partial charge in [-0.25, -0.2) is 19.3 Å². The second-order valence-corrected chi connectivity index (χ2v) is 6.12. The van der Waals surface area contributed by atoms with Gasteiger partial charge in [-0.2, -0.15) is 0 Å². The van der Waals surface area contributed by atoms with Crippen molar-refractivity contribution in [2.24, 2.45) is 0 Å². The number of benzene rings is 1. The summed E-state index contributed by atoms with van der Waals surface area (Å²) in [6.45, 7) is 3.87. The molecule has 0 spiro atoms. The molecule has 0 saturated carbocycles. The highest BCUT2D eigenvalue weighted by atomic mass is 19.1. The smallest absolute Gasteiger partial charge is 0.181 e. The molecule has 2 N–H and O–H groups in total. The van der Waals surface area contributed by atoms with Crippen molar-refractivity contribution in [2.75, 3.05) is 10.6 Å². The Kier molecular flexibility index (Phi) is 5.24. The number of anilines is 3. The molecule has 0 radical (unpaired) electrons. The number of halogens is 1. The molecule has 3 aromatic heterocycles. The van der Waals surface area contributed by atoms with Crippen LogP contribution in [0.25, 0.3) is 11.3 Å². The maximum absolute atomic E-state index is 13.3. The molecule has 4 rings (SSSR count). The van der Waals surface area contributed by atoms with Gasteiger partial charge in [-0.05, 0) is 29.8 Å². The minimum absolute atomic E-state index is 0.266. The van der Waals surface area contributed by atoms with Crippen LogP contribution in [0.2, 0.25) is 0 Å². The average Bonchev–Trinajstić information content (AvgIpc) is 3.28. The Morgan fingerprint density at radius 2 is 1.83 bits per heavy atom. The first-order valence-electron chi connectivity index (χ1n) is 8.80. The summed E-state index contributed by atoms with van der Waals surface area (Å²) in [5.74, 6) is 1.97. The van der Waals surface area contributed by atoms with Crippen molar-refractivity contribution in [1.29, 1.82) is 0 Å². The van der Waals surface area contributed by atoms with Crippen LogP contribution in [-0.2, 0) is 0 Å². The molecule has 1 atom stereocenters. The summed E-state index contributed by atoms with van der Waals surface area (Å²) < 4.78 is 18.7. The quantitative estimate of drug-likeness (QED) is 0.442. The van der Waals surface area contributed by atoms with E-state index < -0.39 is 0 Å². The fourth-order valence-electron chi connectivity index (χ4n) is 2.77. The first-order valence-corrected chi connectivity index (χ1v) is 8.80. The lowest BCUT2D eigenvalue weighted by atomic mass is 10.1. The zero-order chi connectivity index (χ0) is 20.1. The Morgan fingerprint density at radius 3 is 2.52 bits per heavy atom. The van der Waals surface area contributed by atoms with Crippen molar-refractivity contribution in [3.8, 4) is 11.3 Å². The van der Waals surface area contributed by atoms with E-state index in [4.69, 9.17) is 4.42 Å². The second-order valence-electron chi connectivity index (χ2n) is 6.12. The third kappa shape index (κ3) is 4.44. The van der Waals surface area contributed by atoms with Gasteiger partial charge in [-0.3, -0.25) is 4.98 Å². The summed E-state index contributed by atoms with van der Waals surface area (Å²) in [5, 5.41) is 6.43. The predicted molar refractivity (Wildman–Crippen MR) is 108 cm³/mol. The van der Waals surface area contributed by atoms with Crippen molar-refractivity contribution in [3.05, 3.63) is 91.6 Å². The van der Waals surface area contributed by atoms with Gasteiger partial charge < -0.3 is 15.1 Å². The third-order valence-electron chi connectivity index (χ3n) is 4.13. The molecule has 0 aliphatic rings. The van der Waals surface area contributed by atoms with E-state index in [9.17, 15) is 4.39 Å². The molecule has 4 aromatic rings. The molecular formula is C21H17FN6O. The lowest BCUT2D eigenvalue weighted by Gasteiger charge is -2.17. The van der Waals surface area contributed by atoms with Gasteiger partial charge in [0.1, 0.15) is 23.3 Å². The molecule has 0 unspecified atom stereocenters. The summed E-state index contributed by atoms with van der Waals surface area (Å²) in [4.78, 5) is 16.8. The number of nitrogens with one attached hydrogen (secondary N) is 2. The highest BCUT2D eigenvalue weighted by molar-refractivity contribution is 5.68. The van der Waals surface area contributed by atoms with Crippen LogP contribution < -0.4 is 10.6 Å². The zero-order valence-corrected chi connectivity index (χ0v) is 15.3. The van der Waals surface area contributed by atoms with Crippen molar-refractivity contribution in [3.63, 3.8) is 0 Å². The van der Waals surface area contributed by atoms with Crippen LogP contribution in [0, 0.1) is 5.82 Å². The molecule has 0 bridgehead atoms. The predicted octanol–water partition coefficient (Wildman–Crippen LogP) is 4.75. The topological polar surface area (TPSA) is 88.8 Å². The molecule has 3 heterocycles. The lowest BCUT2D eigenvalue weighted by Crippen LogP contribution is -2.10. The van der Waals surface area contributed by atoms with Crippen molar-refractivity contribution < 1.29 is 8.81 Å². The highest BCUT2D eigenvalue weighted by Crippen LogP contribution is 2.28. The Balaban J connectivity index is 1.67. The maximum atomic E-state index is 13.3. The lowest BCUT2D eigenvalue weighted by molar-refractivity contribution is 0.572. The number of hydrogen-bond donors (Lipinski definition) is 2. The van der Waals surface area contributed by atoms with Gasteiger partial charge in [-0.15, -0.1) is 6.58 Å². The number of oxazole rings is 1. The zero-order valence-electron chi connectivity index (χ0n) is 15.3. The van der Waals surface area contributed by atoms with Crippen LogP contribution in [0.1, 0.15) is 11.6 Å². The first-order chi connectivity index (χ1) is 14.2. The Hall–Kier alpha value is -4.07. The molecule has 144 valence electrons. The summed E-state index contributed by atoms with van der Waals surface area (Å²) in [6, 6.07) is 9.61. The molecule has 0 aliphatic carbocycles. The summed E-state index contributed by atoms with van der Waals surface area (Å²) >= 11 is 0. The van der Waals surface area contributed by atoms with E-state index in [2.05, 4.69) is 37.1 Å². The molecule has 0 fully saturated rings. The minimum atomic E-state index is -0.294. The molecule has 0 amide bonds. The average molecular weight is 388 g/mol. The van der Waals surface area contributed by atoms with Gasteiger partial charge in [0.05, 0.1) is 18.4 Å². The standard InChI is InChI=1S/C21H17FN6O/c1-2-17(14-3-5-16(22)6-4-14)26-19-9-15(18-11-24-13-29-18)10-20(27-19)28-21-12-23-7-8-25-21/h2-13,17H,1H2,(H2,25,26,27,28)/t17-/m0/s1. The molecule has 29 heavy (non-hydrogen) atoms. The Labute approximate surface area is 166 Å². The van der Waals surface area contributed by atoms with E-state index in [0.29, 0.717) is 23.2 Å². The number of pyridine rings is 1. The van der Waals surface area contributed by atoms with E-state index in [0.717, 1.165) is 11.1 Å². The maximum Gasteiger partial charge on any atom is 0.181 e. The fourth-order valence-corrected chi connectivity index (χ4v) is 2.77.